The van der Waals surface area contributed by atoms with Gasteiger partial charge in [-0.2, -0.15) is 0 Å². The highest BCUT2D eigenvalue weighted by atomic mass is 16.3. The molecule has 0 radical (unpaired) electrons. The van der Waals surface area contributed by atoms with Gasteiger partial charge in [-0.1, -0.05) is 176 Å². The van der Waals surface area contributed by atoms with Gasteiger partial charge in [0.15, 0.2) is 17.5 Å². The lowest BCUT2D eigenvalue weighted by molar-refractivity contribution is 0.668. The molecule has 6 nitrogen and oxygen atoms in total. The van der Waals surface area contributed by atoms with Gasteiger partial charge in [-0.25, -0.2) is 15.0 Å². The average molecular weight is 959 g/mol. The average Bonchev–Trinajstić information content (AvgIpc) is 4.21. The zero-order valence-corrected chi connectivity index (χ0v) is 40.4. The third kappa shape index (κ3) is 7.22. The van der Waals surface area contributed by atoms with Crippen molar-refractivity contribution >= 4 is 65.7 Å². The molecule has 0 fully saturated rings. The summed E-state index contributed by atoms with van der Waals surface area (Å²) in [5.41, 5.74) is 18.3. The molecule has 11 aromatic carbocycles. The van der Waals surface area contributed by atoms with Gasteiger partial charge in [-0.05, 0) is 123 Å². The summed E-state index contributed by atoms with van der Waals surface area (Å²) in [4.78, 5) is 15.5. The minimum Gasteiger partial charge on any atom is -0.456 e. The predicted molar refractivity (Wildman–Crippen MR) is 307 cm³/mol. The Bertz CT molecular complexity index is 4710. The number of benzene rings is 11. The summed E-state index contributed by atoms with van der Waals surface area (Å²) < 4.78 is 15.5. The molecule has 75 heavy (non-hydrogen) atoms. The maximum atomic E-state index is 6.59. The summed E-state index contributed by atoms with van der Waals surface area (Å²) >= 11 is 0. The van der Waals surface area contributed by atoms with Gasteiger partial charge in [0, 0.05) is 54.7 Å². The third-order valence-electron chi connectivity index (χ3n) is 14.7. The molecule has 4 aromatic heterocycles. The molecule has 0 bridgehead atoms. The SMILES string of the molecule is c1ccc(-c2nc(-c3ccc4c(c3)oc3cccc(-c5ccccc5)c34)nc(-c3cccc4oc5ccc(-c6cccc(-c7cccc(-c8ccc9c(c8)c8ccccc8n9-c8ccccc8)c7)c6)cc5c34)n2)cc1. The Labute approximate surface area is 431 Å². The molecular weight excluding hydrogens is 917 g/mol. The molecule has 0 spiro atoms. The minimum absolute atomic E-state index is 0.548. The van der Waals surface area contributed by atoms with Crippen LogP contribution < -0.4 is 0 Å². The fourth-order valence-corrected chi connectivity index (χ4v) is 11.1. The van der Waals surface area contributed by atoms with Gasteiger partial charge in [0.05, 0.1) is 11.0 Å². The topological polar surface area (TPSA) is 69.9 Å². The van der Waals surface area contributed by atoms with E-state index in [4.69, 9.17) is 23.8 Å². The molecule has 0 saturated heterocycles. The largest absolute Gasteiger partial charge is 0.456 e. The van der Waals surface area contributed by atoms with Crippen molar-refractivity contribution < 1.29 is 8.83 Å². The molecule has 15 aromatic rings. The number of hydrogen-bond acceptors (Lipinski definition) is 5. The Hall–Kier alpha value is -10.2. The molecule has 0 aliphatic carbocycles. The Morgan fingerprint density at radius 3 is 1.45 bits per heavy atom. The second-order valence-electron chi connectivity index (χ2n) is 19.1. The molecule has 0 aliphatic rings. The zero-order chi connectivity index (χ0) is 49.4. The standard InChI is InChI=1S/C69H42N4O2/c1-4-16-43(17-5-1)53-27-14-30-62-65(53)55-35-32-51(42-64(55)75-62)68-70-67(44-18-6-2-7-19-44)71-69(72-68)56-28-15-31-63-66(56)58-41-50(34-37-61(58)74-63)48-23-13-21-46(39-48)45-20-12-22-47(38-45)49-33-36-60-57(40-49)54-26-10-11-29-59(54)73(60)52-24-8-3-9-25-52/h1-42H. The van der Waals surface area contributed by atoms with Gasteiger partial charge >= 0.3 is 0 Å². The van der Waals surface area contributed by atoms with E-state index < -0.39 is 0 Å². The summed E-state index contributed by atoms with van der Waals surface area (Å²) in [7, 11) is 0. The molecule has 0 unspecified atom stereocenters. The molecule has 15 rings (SSSR count). The lowest BCUT2D eigenvalue weighted by Gasteiger charge is -2.10. The van der Waals surface area contributed by atoms with Gasteiger partial charge in [0.2, 0.25) is 0 Å². The first-order valence-electron chi connectivity index (χ1n) is 25.2. The van der Waals surface area contributed by atoms with E-state index in [1.54, 1.807) is 0 Å². The molecule has 0 N–H and O–H groups in total. The van der Waals surface area contributed by atoms with Crippen LogP contribution in [0.4, 0.5) is 0 Å². The lowest BCUT2D eigenvalue weighted by atomic mass is 9.95. The highest BCUT2D eigenvalue weighted by Crippen LogP contribution is 2.42. The van der Waals surface area contributed by atoms with Crippen LogP contribution in [-0.2, 0) is 0 Å². The van der Waals surface area contributed by atoms with Crippen LogP contribution in [0.1, 0.15) is 0 Å². The van der Waals surface area contributed by atoms with Crippen molar-refractivity contribution in [2.45, 2.75) is 0 Å². The molecule has 0 amide bonds. The van der Waals surface area contributed by atoms with Crippen LogP contribution in [0.15, 0.2) is 264 Å². The van der Waals surface area contributed by atoms with Gasteiger partial charge < -0.3 is 13.4 Å². The van der Waals surface area contributed by atoms with E-state index in [-0.39, 0.29) is 0 Å². The Morgan fingerprint density at radius 1 is 0.253 bits per heavy atom. The van der Waals surface area contributed by atoms with Crippen LogP contribution in [0.3, 0.4) is 0 Å². The number of fused-ring (bicyclic) bond motifs is 9. The molecule has 4 heterocycles. The monoisotopic (exact) mass is 958 g/mol. The molecule has 0 aliphatic heterocycles. The Morgan fingerprint density at radius 2 is 0.747 bits per heavy atom. The second kappa shape index (κ2) is 17.3. The molecule has 6 heteroatoms. The van der Waals surface area contributed by atoms with Crippen molar-refractivity contribution in [1.29, 1.82) is 0 Å². The molecule has 0 atom stereocenters. The van der Waals surface area contributed by atoms with Crippen LogP contribution in [0, 0.1) is 0 Å². The molecule has 0 saturated carbocycles. The number of hydrogen-bond donors (Lipinski definition) is 0. The molecular formula is C69H42N4O2. The summed E-state index contributed by atoms with van der Waals surface area (Å²) in [6, 6.07) is 89.4. The fraction of sp³-hybridized carbons (Fsp3) is 0. The van der Waals surface area contributed by atoms with Crippen LogP contribution in [-0.4, -0.2) is 19.5 Å². The highest BCUT2D eigenvalue weighted by molar-refractivity contribution is 6.15. The summed E-state index contributed by atoms with van der Waals surface area (Å²) in [6.07, 6.45) is 0. The van der Waals surface area contributed by atoms with Crippen LogP contribution in [0.5, 0.6) is 0 Å². The third-order valence-corrected chi connectivity index (χ3v) is 14.7. The van der Waals surface area contributed by atoms with E-state index in [1.165, 1.54) is 32.9 Å². The van der Waals surface area contributed by atoms with E-state index in [9.17, 15) is 0 Å². The summed E-state index contributed by atoms with van der Waals surface area (Å²) in [6.45, 7) is 0. The van der Waals surface area contributed by atoms with E-state index in [1.807, 2.05) is 66.7 Å². The van der Waals surface area contributed by atoms with Crippen LogP contribution in [0.2, 0.25) is 0 Å². The summed E-state index contributed by atoms with van der Waals surface area (Å²) in [5, 5.41) is 6.51. The second-order valence-corrected chi connectivity index (χ2v) is 19.1. The van der Waals surface area contributed by atoms with Crippen molar-refractivity contribution in [3.05, 3.63) is 255 Å². The van der Waals surface area contributed by atoms with Gasteiger partial charge in [0.25, 0.3) is 0 Å². The van der Waals surface area contributed by atoms with Crippen LogP contribution >= 0.6 is 0 Å². The quantitative estimate of drug-likeness (QED) is 0.152. The van der Waals surface area contributed by atoms with Gasteiger partial charge in [0.1, 0.15) is 22.3 Å². The highest BCUT2D eigenvalue weighted by Gasteiger charge is 2.21. The number of aromatic nitrogens is 4. The van der Waals surface area contributed by atoms with Crippen LogP contribution in [0.25, 0.3) is 150 Å². The lowest BCUT2D eigenvalue weighted by Crippen LogP contribution is -2.00. The number of rotatable bonds is 8. The summed E-state index contributed by atoms with van der Waals surface area (Å²) in [5.74, 6) is 1.68. The van der Waals surface area contributed by atoms with Crippen molar-refractivity contribution in [2.75, 3.05) is 0 Å². The van der Waals surface area contributed by atoms with Gasteiger partial charge in [-0.3, -0.25) is 0 Å². The fourth-order valence-electron chi connectivity index (χ4n) is 11.1. The smallest absolute Gasteiger partial charge is 0.164 e. The normalized spacial score (nSPS) is 11.7. The number of para-hydroxylation sites is 2. The first kappa shape index (κ1) is 42.5. The first-order chi connectivity index (χ1) is 37.1. The first-order valence-corrected chi connectivity index (χ1v) is 25.2. The van der Waals surface area contributed by atoms with Crippen molar-refractivity contribution in [1.82, 2.24) is 19.5 Å². The zero-order valence-electron chi connectivity index (χ0n) is 40.4. The van der Waals surface area contributed by atoms with Crippen molar-refractivity contribution in [3.63, 3.8) is 0 Å². The minimum atomic E-state index is 0.548. The number of furan rings is 2. The Balaban J connectivity index is 0.809. The molecule has 350 valence electrons. The van der Waals surface area contributed by atoms with E-state index in [0.29, 0.717) is 17.5 Å². The maximum Gasteiger partial charge on any atom is 0.164 e. The van der Waals surface area contributed by atoms with E-state index in [0.717, 1.165) is 99.6 Å². The van der Waals surface area contributed by atoms with E-state index >= 15 is 0 Å². The number of nitrogens with zero attached hydrogens (tertiary/aromatic N) is 4. The Kier molecular flexibility index (Phi) is 9.78. The van der Waals surface area contributed by atoms with Crippen molar-refractivity contribution in [3.8, 4) is 84.4 Å². The predicted octanol–water partition coefficient (Wildman–Crippen LogP) is 18.4. The maximum absolute atomic E-state index is 6.59. The van der Waals surface area contributed by atoms with E-state index in [2.05, 4.69) is 193 Å². The van der Waals surface area contributed by atoms with Crippen molar-refractivity contribution in [2.24, 2.45) is 0 Å². The van der Waals surface area contributed by atoms with Gasteiger partial charge in [-0.15, -0.1) is 0 Å².